The first-order valence-electron chi connectivity index (χ1n) is 8.15. The molecule has 3 rings (SSSR count). The Morgan fingerprint density at radius 3 is 2.70 bits per heavy atom. The number of benzene rings is 1. The van der Waals surface area contributed by atoms with Gasteiger partial charge < -0.3 is 24.5 Å². The minimum absolute atomic E-state index is 0.212. The van der Waals surface area contributed by atoms with Gasteiger partial charge >= 0.3 is 0 Å². The minimum Gasteiger partial charge on any atom is -0.497 e. The van der Waals surface area contributed by atoms with Gasteiger partial charge in [-0.25, -0.2) is 0 Å². The first kappa shape index (κ1) is 18.5. The third-order valence-electron chi connectivity index (χ3n) is 3.51. The van der Waals surface area contributed by atoms with E-state index in [0.29, 0.717) is 34.5 Å². The second-order valence-electron chi connectivity index (χ2n) is 5.38. The third-order valence-corrected chi connectivity index (χ3v) is 4.51. The minimum atomic E-state index is -0.361. The molecule has 0 fully saturated rings. The van der Waals surface area contributed by atoms with Gasteiger partial charge in [-0.1, -0.05) is 6.07 Å². The molecule has 0 aliphatic rings. The lowest BCUT2D eigenvalue weighted by Crippen LogP contribution is -2.27. The summed E-state index contributed by atoms with van der Waals surface area (Å²) in [4.78, 5) is 24.6. The van der Waals surface area contributed by atoms with Crippen LogP contribution in [-0.2, 0) is 0 Å². The fourth-order valence-electron chi connectivity index (χ4n) is 2.22. The Bertz CT molecular complexity index is 904. The summed E-state index contributed by atoms with van der Waals surface area (Å²) in [6.07, 6.45) is 1.43. The molecule has 0 saturated carbocycles. The summed E-state index contributed by atoms with van der Waals surface area (Å²) in [6, 6.07) is 13.8. The van der Waals surface area contributed by atoms with Crippen LogP contribution in [0.3, 0.4) is 0 Å². The van der Waals surface area contributed by atoms with E-state index in [1.54, 1.807) is 37.4 Å². The molecule has 8 heteroatoms. The van der Waals surface area contributed by atoms with Crippen molar-refractivity contribution in [1.82, 2.24) is 5.32 Å². The number of anilines is 1. The van der Waals surface area contributed by atoms with Crippen molar-refractivity contribution < 1.29 is 23.5 Å². The summed E-state index contributed by atoms with van der Waals surface area (Å²) in [7, 11) is 1.59. The van der Waals surface area contributed by atoms with Crippen molar-refractivity contribution >= 4 is 28.2 Å². The molecule has 2 aromatic heterocycles. The van der Waals surface area contributed by atoms with Crippen molar-refractivity contribution in [3.63, 3.8) is 0 Å². The van der Waals surface area contributed by atoms with E-state index in [2.05, 4.69) is 10.6 Å². The Kier molecular flexibility index (Phi) is 6.11. The number of rotatable bonds is 8. The highest BCUT2D eigenvalue weighted by molar-refractivity contribution is 7.18. The zero-order chi connectivity index (χ0) is 19.1. The van der Waals surface area contributed by atoms with Crippen LogP contribution < -0.4 is 20.1 Å². The molecule has 0 saturated heterocycles. The molecule has 3 aromatic rings. The van der Waals surface area contributed by atoms with Crippen molar-refractivity contribution in [2.45, 2.75) is 0 Å². The molecule has 27 heavy (non-hydrogen) atoms. The molecule has 2 amide bonds. The molecule has 7 nitrogen and oxygen atoms in total. The van der Waals surface area contributed by atoms with Crippen LogP contribution >= 0.6 is 11.3 Å². The van der Waals surface area contributed by atoms with Gasteiger partial charge in [-0.3, -0.25) is 9.59 Å². The molecule has 2 N–H and O–H groups in total. The van der Waals surface area contributed by atoms with Crippen LogP contribution in [0, 0.1) is 0 Å². The number of hydrogen-bond donors (Lipinski definition) is 2. The molecule has 0 aliphatic heterocycles. The fraction of sp³-hybridized carbons (Fsp3) is 0.158. The Labute approximate surface area is 159 Å². The molecular formula is C19H18N2O5S. The van der Waals surface area contributed by atoms with Crippen molar-refractivity contribution in [3.05, 3.63) is 65.4 Å². The van der Waals surface area contributed by atoms with E-state index >= 15 is 0 Å². The van der Waals surface area contributed by atoms with Gasteiger partial charge in [0.15, 0.2) is 5.76 Å². The van der Waals surface area contributed by atoms with Crippen LogP contribution in [0.2, 0.25) is 0 Å². The van der Waals surface area contributed by atoms with Gasteiger partial charge in [0.2, 0.25) is 0 Å². The number of thiophene rings is 1. The standard InChI is InChI=1S/C19H18N2O5S/c1-24-13-4-2-5-14(12-13)25-11-9-20-19(23)16-7-8-17(27-16)21-18(22)15-6-3-10-26-15/h2-8,10,12H,9,11H2,1H3,(H,20,23)(H,21,22). The molecular weight excluding hydrogens is 368 g/mol. The number of carbonyl (C=O) groups is 2. The lowest BCUT2D eigenvalue weighted by molar-refractivity contribution is 0.0949. The molecule has 0 spiro atoms. The van der Waals surface area contributed by atoms with E-state index in [1.807, 2.05) is 18.2 Å². The Balaban J connectivity index is 1.44. The Morgan fingerprint density at radius 2 is 1.93 bits per heavy atom. The van der Waals surface area contributed by atoms with Gasteiger partial charge in [-0.2, -0.15) is 0 Å². The van der Waals surface area contributed by atoms with Crippen LogP contribution in [0.4, 0.5) is 5.00 Å². The van der Waals surface area contributed by atoms with Crippen LogP contribution in [-0.4, -0.2) is 32.1 Å². The van der Waals surface area contributed by atoms with Crippen LogP contribution in [0.25, 0.3) is 0 Å². The Morgan fingerprint density at radius 1 is 1.07 bits per heavy atom. The van der Waals surface area contributed by atoms with E-state index in [0.717, 1.165) is 0 Å². The number of ether oxygens (including phenoxy) is 2. The van der Waals surface area contributed by atoms with E-state index in [-0.39, 0.29) is 17.6 Å². The number of furan rings is 1. The summed E-state index contributed by atoms with van der Waals surface area (Å²) in [5, 5.41) is 6.03. The Hall–Kier alpha value is -3.26. The molecule has 140 valence electrons. The smallest absolute Gasteiger partial charge is 0.291 e. The quantitative estimate of drug-likeness (QED) is 0.579. The number of carbonyl (C=O) groups excluding carboxylic acids is 2. The number of amides is 2. The maximum Gasteiger partial charge on any atom is 0.291 e. The van der Waals surface area contributed by atoms with E-state index in [1.165, 1.54) is 17.6 Å². The highest BCUT2D eigenvalue weighted by Crippen LogP contribution is 2.22. The highest BCUT2D eigenvalue weighted by atomic mass is 32.1. The van der Waals surface area contributed by atoms with Crippen LogP contribution in [0.5, 0.6) is 11.5 Å². The number of hydrogen-bond acceptors (Lipinski definition) is 6. The van der Waals surface area contributed by atoms with Crippen LogP contribution in [0.1, 0.15) is 20.2 Å². The van der Waals surface area contributed by atoms with Gasteiger partial charge in [-0.15, -0.1) is 11.3 Å². The average molecular weight is 386 g/mol. The summed E-state index contributed by atoms with van der Waals surface area (Å²) in [5.74, 6) is 0.999. The number of methoxy groups -OCH3 is 1. The monoisotopic (exact) mass is 386 g/mol. The first-order valence-corrected chi connectivity index (χ1v) is 8.97. The predicted molar refractivity (Wildman–Crippen MR) is 102 cm³/mol. The van der Waals surface area contributed by atoms with E-state index in [4.69, 9.17) is 13.9 Å². The lowest BCUT2D eigenvalue weighted by Gasteiger charge is -2.08. The molecule has 0 aliphatic carbocycles. The second-order valence-corrected chi connectivity index (χ2v) is 6.46. The maximum atomic E-state index is 12.2. The second kappa shape index (κ2) is 8.91. The summed E-state index contributed by atoms with van der Waals surface area (Å²) >= 11 is 1.18. The van der Waals surface area contributed by atoms with E-state index < -0.39 is 0 Å². The summed E-state index contributed by atoms with van der Waals surface area (Å²) in [6.45, 7) is 0.675. The summed E-state index contributed by atoms with van der Waals surface area (Å²) in [5.41, 5.74) is 0. The van der Waals surface area contributed by atoms with Crippen molar-refractivity contribution in [1.29, 1.82) is 0 Å². The molecule has 0 radical (unpaired) electrons. The zero-order valence-corrected chi connectivity index (χ0v) is 15.4. The predicted octanol–water partition coefficient (Wildman–Crippen LogP) is 3.41. The molecule has 0 bridgehead atoms. The molecule has 2 heterocycles. The van der Waals surface area contributed by atoms with E-state index in [9.17, 15) is 9.59 Å². The molecule has 0 atom stereocenters. The SMILES string of the molecule is COc1cccc(OCCNC(=O)c2ccc(NC(=O)c3ccco3)s2)c1. The normalized spacial score (nSPS) is 10.3. The highest BCUT2D eigenvalue weighted by Gasteiger charge is 2.13. The molecule has 1 aromatic carbocycles. The van der Waals surface area contributed by atoms with Crippen LogP contribution in [0.15, 0.2) is 59.2 Å². The number of nitrogens with one attached hydrogen (secondary N) is 2. The topological polar surface area (TPSA) is 89.8 Å². The van der Waals surface area contributed by atoms with Gasteiger partial charge in [-0.05, 0) is 36.4 Å². The van der Waals surface area contributed by atoms with Crippen molar-refractivity contribution in [2.75, 3.05) is 25.6 Å². The maximum absolute atomic E-state index is 12.2. The molecule has 0 unspecified atom stereocenters. The summed E-state index contributed by atoms with van der Waals surface area (Å²) < 4.78 is 15.7. The zero-order valence-electron chi connectivity index (χ0n) is 14.6. The van der Waals surface area contributed by atoms with Crippen molar-refractivity contribution in [3.8, 4) is 11.5 Å². The van der Waals surface area contributed by atoms with Gasteiger partial charge in [0, 0.05) is 6.07 Å². The third kappa shape index (κ3) is 5.11. The van der Waals surface area contributed by atoms with Gasteiger partial charge in [0.05, 0.1) is 29.8 Å². The largest absolute Gasteiger partial charge is 0.497 e. The fourth-order valence-corrected chi connectivity index (χ4v) is 3.04. The van der Waals surface area contributed by atoms with Gasteiger partial charge in [0.1, 0.15) is 18.1 Å². The van der Waals surface area contributed by atoms with Crippen molar-refractivity contribution in [2.24, 2.45) is 0 Å². The first-order chi connectivity index (χ1) is 13.2. The average Bonchev–Trinajstić information content (AvgIpc) is 3.37. The lowest BCUT2D eigenvalue weighted by atomic mass is 10.3. The van der Waals surface area contributed by atoms with Gasteiger partial charge in [0.25, 0.3) is 11.8 Å².